The van der Waals surface area contributed by atoms with Crippen molar-refractivity contribution in [1.82, 2.24) is 19.8 Å². The number of aromatic amines is 1. The third-order valence-electron chi connectivity index (χ3n) is 4.43. The van der Waals surface area contributed by atoms with Gasteiger partial charge in [0.15, 0.2) is 0 Å². The summed E-state index contributed by atoms with van der Waals surface area (Å²) in [6.07, 6.45) is 2.33. The van der Waals surface area contributed by atoms with E-state index in [9.17, 15) is 9.90 Å². The maximum Gasteiger partial charge on any atom is 0.270 e. The molecule has 0 aliphatic carbocycles. The van der Waals surface area contributed by atoms with Crippen LogP contribution in [0, 0.1) is 6.92 Å². The third-order valence-corrected chi connectivity index (χ3v) is 5.20. The zero-order chi connectivity index (χ0) is 17.1. The largest absolute Gasteiger partial charge is 0.392 e. The molecule has 3 heterocycles. The van der Waals surface area contributed by atoms with Crippen LogP contribution in [0.4, 0.5) is 0 Å². The van der Waals surface area contributed by atoms with Crippen molar-refractivity contribution >= 4 is 17.2 Å². The van der Waals surface area contributed by atoms with Crippen molar-refractivity contribution < 1.29 is 9.90 Å². The van der Waals surface area contributed by atoms with Gasteiger partial charge in [0.05, 0.1) is 16.8 Å². The molecule has 2 aromatic heterocycles. The van der Waals surface area contributed by atoms with Gasteiger partial charge in [-0.1, -0.05) is 6.92 Å². The first-order valence-corrected chi connectivity index (χ1v) is 9.25. The van der Waals surface area contributed by atoms with Gasteiger partial charge in [0, 0.05) is 49.9 Å². The van der Waals surface area contributed by atoms with Crippen LogP contribution < -0.4 is 0 Å². The van der Waals surface area contributed by atoms with Crippen molar-refractivity contribution in [3.63, 3.8) is 0 Å². The van der Waals surface area contributed by atoms with Gasteiger partial charge in [-0.2, -0.15) is 0 Å². The number of hydrogen-bond acceptors (Lipinski definition) is 5. The average molecular weight is 348 g/mol. The number of aliphatic hydroxyl groups is 1. The van der Waals surface area contributed by atoms with Crippen LogP contribution in [0.1, 0.15) is 28.8 Å². The molecule has 1 amide bonds. The fraction of sp³-hybridized carbons (Fsp3) is 0.529. The Labute approximate surface area is 146 Å². The van der Waals surface area contributed by atoms with Crippen molar-refractivity contribution in [2.75, 3.05) is 32.7 Å². The van der Waals surface area contributed by atoms with E-state index < -0.39 is 0 Å². The van der Waals surface area contributed by atoms with Gasteiger partial charge in [-0.3, -0.25) is 9.69 Å². The minimum atomic E-state index is -0.278. The van der Waals surface area contributed by atoms with Gasteiger partial charge >= 0.3 is 0 Å². The van der Waals surface area contributed by atoms with Gasteiger partial charge in [-0.05, 0) is 19.4 Å². The predicted molar refractivity (Wildman–Crippen MR) is 95.3 cm³/mol. The number of thiazole rings is 1. The highest BCUT2D eigenvalue weighted by Crippen LogP contribution is 2.23. The molecular formula is C17H24N4O2S. The highest BCUT2D eigenvalue weighted by atomic mass is 32.1. The van der Waals surface area contributed by atoms with Crippen LogP contribution in [0.3, 0.4) is 0 Å². The fourth-order valence-electron chi connectivity index (χ4n) is 2.89. The molecule has 0 bridgehead atoms. The maximum atomic E-state index is 12.6. The number of nitrogens with zero attached hydrogens (tertiary/aromatic N) is 3. The zero-order valence-electron chi connectivity index (χ0n) is 14.2. The van der Waals surface area contributed by atoms with E-state index in [1.54, 1.807) is 11.3 Å². The van der Waals surface area contributed by atoms with E-state index in [2.05, 4.69) is 14.9 Å². The second-order valence-electron chi connectivity index (χ2n) is 6.21. The van der Waals surface area contributed by atoms with Crippen LogP contribution in [0.2, 0.25) is 0 Å². The van der Waals surface area contributed by atoms with E-state index in [-0.39, 0.29) is 12.0 Å². The first kappa shape index (κ1) is 17.1. The normalized spacial score (nSPS) is 17.2. The Morgan fingerprint density at radius 3 is 2.79 bits per heavy atom. The minimum absolute atomic E-state index is 0.0314. The number of rotatable bonds is 5. The molecule has 1 saturated heterocycles. The number of hydrogen-bond donors (Lipinski definition) is 2. The monoisotopic (exact) mass is 348 g/mol. The van der Waals surface area contributed by atoms with E-state index in [0.717, 1.165) is 35.8 Å². The van der Waals surface area contributed by atoms with Gasteiger partial charge in [0.1, 0.15) is 5.69 Å². The number of aliphatic hydroxyl groups excluding tert-OH is 1. The molecule has 7 heteroatoms. The van der Waals surface area contributed by atoms with Crippen molar-refractivity contribution in [2.24, 2.45) is 0 Å². The maximum absolute atomic E-state index is 12.6. The van der Waals surface area contributed by atoms with E-state index in [0.29, 0.717) is 25.3 Å². The summed E-state index contributed by atoms with van der Waals surface area (Å²) in [7, 11) is 0. The molecule has 0 aromatic carbocycles. The molecule has 0 radical (unpaired) electrons. The average Bonchev–Trinajstić information content (AvgIpc) is 3.23. The second-order valence-corrected chi connectivity index (χ2v) is 7.27. The van der Waals surface area contributed by atoms with E-state index >= 15 is 0 Å². The summed E-state index contributed by atoms with van der Waals surface area (Å²) < 4.78 is 0. The SMILES string of the molecule is CC[C@H](O)CN1CCN(C(=O)c2cc(-c3csc(C)n3)c[nH]2)CC1. The molecule has 3 rings (SSSR count). The lowest BCUT2D eigenvalue weighted by atomic mass is 10.2. The number of aromatic nitrogens is 2. The highest BCUT2D eigenvalue weighted by molar-refractivity contribution is 7.09. The van der Waals surface area contributed by atoms with Crippen LogP contribution in [0.25, 0.3) is 11.3 Å². The number of amides is 1. The standard InChI is InChI=1S/C17H24N4O2S/c1-3-14(22)10-20-4-6-21(7-5-20)17(23)15-8-13(9-18-15)16-11-24-12(2)19-16/h8-9,11,14,18,22H,3-7,10H2,1-2H3/t14-/m0/s1. The Morgan fingerprint density at radius 1 is 1.42 bits per heavy atom. The lowest BCUT2D eigenvalue weighted by Gasteiger charge is -2.35. The molecule has 0 unspecified atom stereocenters. The minimum Gasteiger partial charge on any atom is -0.392 e. The summed E-state index contributed by atoms with van der Waals surface area (Å²) in [6, 6.07) is 1.88. The van der Waals surface area contributed by atoms with Crippen molar-refractivity contribution in [3.8, 4) is 11.3 Å². The Balaban J connectivity index is 1.59. The molecule has 24 heavy (non-hydrogen) atoms. The smallest absolute Gasteiger partial charge is 0.270 e. The topological polar surface area (TPSA) is 72.5 Å². The van der Waals surface area contributed by atoms with Crippen molar-refractivity contribution in [2.45, 2.75) is 26.4 Å². The molecule has 130 valence electrons. The van der Waals surface area contributed by atoms with Crippen LogP contribution >= 0.6 is 11.3 Å². The van der Waals surface area contributed by atoms with E-state index in [4.69, 9.17) is 0 Å². The Kier molecular flexibility index (Phi) is 5.33. The molecule has 1 atom stereocenters. The van der Waals surface area contributed by atoms with Crippen molar-refractivity contribution in [1.29, 1.82) is 0 Å². The van der Waals surface area contributed by atoms with E-state index in [1.165, 1.54) is 0 Å². The molecule has 1 fully saturated rings. The molecule has 1 aliphatic heterocycles. The number of carbonyl (C=O) groups excluding carboxylic acids is 1. The summed E-state index contributed by atoms with van der Waals surface area (Å²) in [6.45, 7) is 7.65. The first-order valence-electron chi connectivity index (χ1n) is 8.37. The molecule has 2 aromatic rings. The summed E-state index contributed by atoms with van der Waals surface area (Å²) in [5, 5.41) is 12.8. The zero-order valence-corrected chi connectivity index (χ0v) is 15.0. The van der Waals surface area contributed by atoms with Crippen LogP contribution in [-0.4, -0.2) is 69.6 Å². The quantitative estimate of drug-likeness (QED) is 0.867. The molecule has 2 N–H and O–H groups in total. The number of aryl methyl sites for hydroxylation is 1. The highest BCUT2D eigenvalue weighted by Gasteiger charge is 2.24. The molecule has 0 saturated carbocycles. The van der Waals surface area contributed by atoms with Gasteiger partial charge in [-0.25, -0.2) is 4.98 Å². The molecule has 0 spiro atoms. The summed E-state index contributed by atoms with van der Waals surface area (Å²) in [5.74, 6) is 0.0314. The van der Waals surface area contributed by atoms with Crippen LogP contribution in [0.15, 0.2) is 17.6 Å². The Morgan fingerprint density at radius 2 is 2.17 bits per heavy atom. The number of piperazine rings is 1. The third kappa shape index (κ3) is 3.85. The van der Waals surface area contributed by atoms with Crippen LogP contribution in [0.5, 0.6) is 0 Å². The number of H-pyrrole nitrogens is 1. The Bertz CT molecular complexity index is 688. The van der Waals surface area contributed by atoms with Gasteiger partial charge in [0.25, 0.3) is 5.91 Å². The lowest BCUT2D eigenvalue weighted by Crippen LogP contribution is -2.50. The Hall–Kier alpha value is -1.70. The van der Waals surface area contributed by atoms with Gasteiger partial charge < -0.3 is 15.0 Å². The molecule has 6 nitrogen and oxygen atoms in total. The second kappa shape index (κ2) is 7.46. The molecular weight excluding hydrogens is 324 g/mol. The summed E-state index contributed by atoms with van der Waals surface area (Å²) >= 11 is 1.61. The number of β-amino-alcohol motifs (C(OH)–C–C–N with tert-alkyl or cyclic N) is 1. The lowest BCUT2D eigenvalue weighted by molar-refractivity contribution is 0.0520. The number of nitrogens with one attached hydrogen (secondary N) is 1. The first-order chi connectivity index (χ1) is 11.6. The summed E-state index contributed by atoms with van der Waals surface area (Å²) in [5.41, 5.74) is 2.47. The summed E-state index contributed by atoms with van der Waals surface area (Å²) in [4.78, 5) is 24.3. The van der Waals surface area contributed by atoms with Gasteiger partial charge in [-0.15, -0.1) is 11.3 Å². The van der Waals surface area contributed by atoms with E-state index in [1.807, 2.05) is 36.4 Å². The van der Waals surface area contributed by atoms with Crippen LogP contribution in [-0.2, 0) is 0 Å². The molecule has 1 aliphatic rings. The predicted octanol–water partition coefficient (Wildman–Crippen LogP) is 1.98. The van der Waals surface area contributed by atoms with Gasteiger partial charge in [0.2, 0.25) is 0 Å². The van der Waals surface area contributed by atoms with Crippen molar-refractivity contribution in [3.05, 3.63) is 28.3 Å². The fourth-order valence-corrected chi connectivity index (χ4v) is 3.51. The number of carbonyl (C=O) groups is 1.